The van der Waals surface area contributed by atoms with E-state index in [1.165, 1.54) is 6.20 Å². The second-order valence-electron chi connectivity index (χ2n) is 8.68. The number of rotatable bonds is 4. The van der Waals surface area contributed by atoms with Crippen molar-refractivity contribution in [2.24, 2.45) is 17.1 Å². The van der Waals surface area contributed by atoms with E-state index < -0.39 is 12.0 Å². The summed E-state index contributed by atoms with van der Waals surface area (Å²) in [5, 5.41) is 17.6. The molecule has 3 atom stereocenters. The molecule has 2 aromatic heterocycles. The Hall–Kier alpha value is -2.29. The van der Waals surface area contributed by atoms with E-state index in [2.05, 4.69) is 54.0 Å². The Morgan fingerprint density at radius 3 is 2.66 bits per heavy atom. The molecule has 158 valence electrons. The molecular formula is C20H28BrN5O3. The Labute approximate surface area is 178 Å². The van der Waals surface area contributed by atoms with Crippen LogP contribution in [0.15, 0.2) is 22.9 Å². The van der Waals surface area contributed by atoms with Crippen LogP contribution in [0.5, 0.6) is 0 Å². The molecule has 2 aromatic rings. The van der Waals surface area contributed by atoms with E-state index in [0.29, 0.717) is 24.2 Å². The lowest BCUT2D eigenvalue weighted by Gasteiger charge is -2.50. The monoisotopic (exact) mass is 465 g/mol. The van der Waals surface area contributed by atoms with Crippen LogP contribution in [0.1, 0.15) is 50.9 Å². The van der Waals surface area contributed by atoms with Gasteiger partial charge in [0.15, 0.2) is 0 Å². The topological polar surface area (TPSA) is 113 Å². The van der Waals surface area contributed by atoms with Crippen molar-refractivity contribution in [3.8, 4) is 0 Å². The van der Waals surface area contributed by atoms with Crippen LogP contribution >= 0.6 is 15.9 Å². The normalized spacial score (nSPS) is 22.7. The van der Waals surface area contributed by atoms with Crippen molar-refractivity contribution in [3.05, 3.63) is 28.5 Å². The molecule has 2 amide bonds. The van der Waals surface area contributed by atoms with Gasteiger partial charge in [0.2, 0.25) is 0 Å². The number of carbonyl (C=O) groups excluding carboxylic acids is 1. The molecule has 0 spiro atoms. The highest BCUT2D eigenvalue weighted by atomic mass is 79.9. The summed E-state index contributed by atoms with van der Waals surface area (Å²) in [6, 6.07) is 1.73. The second-order valence-corrected chi connectivity index (χ2v) is 9.60. The third kappa shape index (κ3) is 4.05. The predicted molar refractivity (Wildman–Crippen MR) is 115 cm³/mol. The number of nitrogens with zero attached hydrogens (tertiary/aromatic N) is 3. The minimum absolute atomic E-state index is 0.00204. The zero-order chi connectivity index (χ0) is 21.5. The molecule has 1 aliphatic heterocycles. The summed E-state index contributed by atoms with van der Waals surface area (Å²) in [4.78, 5) is 25.5. The molecule has 1 saturated heterocycles. The highest BCUT2D eigenvalue weighted by Gasteiger charge is 2.45. The average Bonchev–Trinajstić information content (AvgIpc) is 3.00. The Morgan fingerprint density at radius 1 is 1.41 bits per heavy atom. The lowest BCUT2D eigenvalue weighted by atomic mass is 9.71. The van der Waals surface area contributed by atoms with Gasteiger partial charge in [-0.3, -0.25) is 4.79 Å². The number of amides is 2. The zero-order valence-electron chi connectivity index (χ0n) is 17.1. The van der Waals surface area contributed by atoms with Crippen LogP contribution in [-0.4, -0.2) is 50.2 Å². The van der Waals surface area contributed by atoms with Crippen molar-refractivity contribution in [2.75, 3.05) is 11.9 Å². The first-order valence-corrected chi connectivity index (χ1v) is 10.6. The van der Waals surface area contributed by atoms with Crippen LogP contribution in [0.4, 0.5) is 10.5 Å². The maximum absolute atomic E-state index is 12.1. The highest BCUT2D eigenvalue weighted by Crippen LogP contribution is 2.39. The van der Waals surface area contributed by atoms with Crippen molar-refractivity contribution in [2.45, 2.75) is 52.6 Å². The molecule has 0 aromatic carbocycles. The van der Waals surface area contributed by atoms with Crippen LogP contribution in [0, 0.1) is 11.3 Å². The Kier molecular flexibility index (Phi) is 5.80. The molecule has 4 N–H and O–H groups in total. The number of anilines is 1. The fraction of sp³-hybridized carbons (Fsp3) is 0.550. The van der Waals surface area contributed by atoms with Crippen molar-refractivity contribution in [1.29, 1.82) is 0 Å². The number of nitrogens with two attached hydrogens (primary N) is 1. The number of carbonyl (C=O) groups is 2. The summed E-state index contributed by atoms with van der Waals surface area (Å²) in [6.45, 7) is 8.73. The molecule has 0 radical (unpaired) electrons. The standard InChI is InChI=1S/C20H28BrN5O3/c1-5-12-14(6-7-25(19(28)29)17(12)20(2,3)4)24-16-13(18(22)27)9-23-26-10-11(21)8-15(16)26/h8-10,12,14,17,24H,5-7H2,1-4H3,(H2,22,27)(H,28,29)/t12-,14-,17?/m1/s1. The zero-order valence-corrected chi connectivity index (χ0v) is 18.7. The van der Waals surface area contributed by atoms with Crippen molar-refractivity contribution in [1.82, 2.24) is 14.5 Å². The molecule has 1 fully saturated rings. The molecule has 0 saturated carbocycles. The van der Waals surface area contributed by atoms with Crippen LogP contribution in [0.3, 0.4) is 0 Å². The number of piperidine rings is 1. The van der Waals surface area contributed by atoms with Crippen LogP contribution in [-0.2, 0) is 0 Å². The van der Waals surface area contributed by atoms with Gasteiger partial charge in [-0.15, -0.1) is 0 Å². The molecular weight excluding hydrogens is 438 g/mol. The van der Waals surface area contributed by atoms with Gasteiger partial charge in [0.1, 0.15) is 0 Å². The summed E-state index contributed by atoms with van der Waals surface area (Å²) in [6.07, 6.45) is 3.85. The molecule has 0 bridgehead atoms. The predicted octanol–water partition coefficient (Wildman–Crippen LogP) is 3.80. The average molecular weight is 466 g/mol. The van der Waals surface area contributed by atoms with Gasteiger partial charge in [0.25, 0.3) is 5.91 Å². The van der Waals surface area contributed by atoms with Gasteiger partial charge in [0, 0.05) is 29.3 Å². The number of nitrogens with one attached hydrogen (secondary N) is 1. The van der Waals surface area contributed by atoms with Crippen molar-refractivity contribution in [3.63, 3.8) is 0 Å². The Bertz CT molecular complexity index is 936. The molecule has 8 nitrogen and oxygen atoms in total. The fourth-order valence-electron chi connectivity index (χ4n) is 4.64. The largest absolute Gasteiger partial charge is 0.465 e. The lowest BCUT2D eigenvalue weighted by molar-refractivity contribution is 0.0161. The fourth-order valence-corrected chi connectivity index (χ4v) is 5.05. The maximum atomic E-state index is 12.1. The van der Waals surface area contributed by atoms with Gasteiger partial charge in [0.05, 0.1) is 23.0 Å². The van der Waals surface area contributed by atoms with Crippen LogP contribution < -0.4 is 11.1 Å². The molecule has 3 rings (SSSR count). The van der Waals surface area contributed by atoms with E-state index in [9.17, 15) is 14.7 Å². The first-order chi connectivity index (χ1) is 13.5. The lowest BCUT2D eigenvalue weighted by Crippen LogP contribution is -2.59. The van der Waals surface area contributed by atoms with Crippen LogP contribution in [0.2, 0.25) is 0 Å². The second kappa shape index (κ2) is 7.85. The number of likely N-dealkylation sites (tertiary alicyclic amines) is 1. The van der Waals surface area contributed by atoms with Gasteiger partial charge in [-0.25, -0.2) is 9.31 Å². The molecule has 29 heavy (non-hydrogen) atoms. The van der Waals surface area contributed by atoms with E-state index in [4.69, 9.17) is 5.73 Å². The van der Waals surface area contributed by atoms with E-state index in [-0.39, 0.29) is 23.4 Å². The van der Waals surface area contributed by atoms with Gasteiger partial charge in [-0.2, -0.15) is 5.10 Å². The quantitative estimate of drug-likeness (QED) is 0.635. The van der Waals surface area contributed by atoms with Crippen LogP contribution in [0.25, 0.3) is 5.52 Å². The van der Waals surface area contributed by atoms with E-state index in [1.54, 1.807) is 9.42 Å². The molecule has 0 aliphatic carbocycles. The number of halogens is 1. The third-order valence-corrected chi connectivity index (χ3v) is 6.18. The van der Waals surface area contributed by atoms with E-state index >= 15 is 0 Å². The highest BCUT2D eigenvalue weighted by molar-refractivity contribution is 9.10. The van der Waals surface area contributed by atoms with Gasteiger partial charge in [-0.05, 0) is 46.2 Å². The molecule has 1 aliphatic rings. The summed E-state index contributed by atoms with van der Waals surface area (Å²) < 4.78 is 2.53. The van der Waals surface area contributed by atoms with Gasteiger partial charge >= 0.3 is 6.09 Å². The molecule has 9 heteroatoms. The first kappa shape index (κ1) is 21.4. The van der Waals surface area contributed by atoms with Crippen molar-refractivity contribution < 1.29 is 14.7 Å². The minimum Gasteiger partial charge on any atom is -0.465 e. The number of fused-ring (bicyclic) bond motifs is 1. The number of hydrogen-bond acceptors (Lipinski definition) is 4. The third-order valence-electron chi connectivity index (χ3n) is 5.74. The van der Waals surface area contributed by atoms with E-state index in [0.717, 1.165) is 16.4 Å². The summed E-state index contributed by atoms with van der Waals surface area (Å²) in [7, 11) is 0. The first-order valence-electron chi connectivity index (χ1n) is 9.77. The van der Waals surface area contributed by atoms with E-state index in [1.807, 2.05) is 12.3 Å². The number of primary amides is 1. The van der Waals surface area contributed by atoms with Crippen molar-refractivity contribution >= 4 is 39.1 Å². The minimum atomic E-state index is -0.888. The Balaban J connectivity index is 2.04. The molecule has 3 heterocycles. The van der Waals surface area contributed by atoms with Gasteiger partial charge in [-0.1, -0.05) is 27.7 Å². The maximum Gasteiger partial charge on any atom is 0.407 e. The summed E-state index contributed by atoms with van der Waals surface area (Å²) >= 11 is 3.45. The van der Waals surface area contributed by atoms with Gasteiger partial charge < -0.3 is 21.1 Å². The molecule has 1 unspecified atom stereocenters. The number of aromatic nitrogens is 2. The summed E-state index contributed by atoms with van der Waals surface area (Å²) in [5.41, 5.74) is 7.10. The SMILES string of the molecule is CC[C@H]1C(C(C)(C)C)N(C(=O)O)CC[C@H]1Nc1c(C(N)=O)cnn2cc(Br)cc12. The summed E-state index contributed by atoms with van der Waals surface area (Å²) in [5.74, 6) is -0.476. The smallest absolute Gasteiger partial charge is 0.407 e. The Morgan fingerprint density at radius 2 is 2.10 bits per heavy atom. The number of hydrogen-bond donors (Lipinski definition) is 3. The number of carboxylic acid groups (broad SMARTS) is 1.